The molecular weight excluding hydrogens is 315 g/mol. The number of amides is 1. The highest BCUT2D eigenvalue weighted by Crippen LogP contribution is 2.26. The lowest BCUT2D eigenvalue weighted by Gasteiger charge is -2.09. The molecule has 0 aliphatic rings. The van der Waals surface area contributed by atoms with Gasteiger partial charge < -0.3 is 10.5 Å². The Morgan fingerprint density at radius 1 is 1.37 bits per heavy atom. The maximum Gasteiger partial charge on any atom is 0.254 e. The van der Waals surface area contributed by atoms with Gasteiger partial charge in [0.25, 0.3) is 5.91 Å². The number of ether oxygens (including phenoxy) is 1. The first-order valence-electron chi connectivity index (χ1n) is 5.37. The van der Waals surface area contributed by atoms with Gasteiger partial charge in [-0.05, 0) is 47.1 Å². The number of hydrogen-bond donors (Lipinski definition) is 1. The molecule has 1 aromatic carbocycles. The van der Waals surface area contributed by atoms with E-state index < -0.39 is 11.7 Å². The first-order valence-corrected chi connectivity index (χ1v) is 6.17. The van der Waals surface area contributed by atoms with Crippen LogP contribution in [0.15, 0.2) is 34.8 Å². The molecule has 6 heteroatoms. The number of carbonyl (C=O) groups is 1. The third kappa shape index (κ3) is 3.08. The van der Waals surface area contributed by atoms with Gasteiger partial charge in [0.15, 0.2) is 0 Å². The van der Waals surface area contributed by atoms with Gasteiger partial charge in [0.2, 0.25) is 5.88 Å². The average molecular weight is 325 g/mol. The van der Waals surface area contributed by atoms with E-state index in [-0.39, 0.29) is 17.2 Å². The Balaban J connectivity index is 2.39. The highest BCUT2D eigenvalue weighted by atomic mass is 79.9. The molecule has 1 amide bonds. The molecule has 0 bridgehead atoms. The molecule has 98 valence electrons. The Hall–Kier alpha value is -1.95. The van der Waals surface area contributed by atoms with E-state index in [9.17, 15) is 9.18 Å². The van der Waals surface area contributed by atoms with Crippen molar-refractivity contribution < 1.29 is 13.9 Å². The number of pyridine rings is 1. The Bertz CT molecular complexity index is 647. The summed E-state index contributed by atoms with van der Waals surface area (Å²) in [5, 5.41) is 0. The fourth-order valence-electron chi connectivity index (χ4n) is 1.45. The van der Waals surface area contributed by atoms with E-state index in [2.05, 4.69) is 20.9 Å². The summed E-state index contributed by atoms with van der Waals surface area (Å²) < 4.78 is 19.1. The summed E-state index contributed by atoms with van der Waals surface area (Å²) in [7, 11) is 0. The second-order valence-corrected chi connectivity index (χ2v) is 4.70. The van der Waals surface area contributed by atoms with Crippen molar-refractivity contribution in [1.82, 2.24) is 4.98 Å². The van der Waals surface area contributed by atoms with Gasteiger partial charge in [0.05, 0.1) is 4.47 Å². The second kappa shape index (κ2) is 5.36. The highest BCUT2D eigenvalue weighted by molar-refractivity contribution is 9.10. The zero-order valence-corrected chi connectivity index (χ0v) is 11.6. The maximum atomic E-state index is 13.4. The first-order chi connectivity index (χ1) is 8.97. The molecule has 0 spiro atoms. The summed E-state index contributed by atoms with van der Waals surface area (Å²) >= 11 is 3.04. The lowest BCUT2D eigenvalue weighted by atomic mass is 10.2. The summed E-state index contributed by atoms with van der Waals surface area (Å²) in [5.41, 5.74) is 6.04. The molecule has 4 nitrogen and oxygen atoms in total. The van der Waals surface area contributed by atoms with E-state index in [1.165, 1.54) is 18.2 Å². The van der Waals surface area contributed by atoms with Gasteiger partial charge in [-0.2, -0.15) is 0 Å². The third-order valence-electron chi connectivity index (χ3n) is 2.37. The standard InChI is InChI=1S/C13H10BrFN2O2/c1-7-2-4-9(12(16)18)13(17-7)19-8-3-5-10(14)11(15)6-8/h2-6H,1H3,(H2,16,18). The molecule has 0 aliphatic heterocycles. The molecule has 0 aliphatic carbocycles. The summed E-state index contributed by atoms with van der Waals surface area (Å²) in [5.74, 6) is -0.818. The lowest BCUT2D eigenvalue weighted by molar-refractivity contribution is 0.0997. The minimum atomic E-state index is -0.653. The van der Waals surface area contributed by atoms with E-state index in [4.69, 9.17) is 10.5 Å². The van der Waals surface area contributed by atoms with Crippen LogP contribution in [-0.4, -0.2) is 10.9 Å². The Morgan fingerprint density at radius 2 is 2.11 bits per heavy atom. The van der Waals surface area contributed by atoms with Crippen LogP contribution < -0.4 is 10.5 Å². The smallest absolute Gasteiger partial charge is 0.254 e. The number of carbonyl (C=O) groups excluding carboxylic acids is 1. The van der Waals surface area contributed by atoms with Crippen molar-refractivity contribution in [2.24, 2.45) is 5.73 Å². The molecule has 2 rings (SSSR count). The number of aromatic nitrogens is 1. The van der Waals surface area contributed by atoms with Crippen LogP contribution in [0.3, 0.4) is 0 Å². The highest BCUT2D eigenvalue weighted by Gasteiger charge is 2.13. The number of rotatable bonds is 3. The van der Waals surface area contributed by atoms with E-state index in [1.54, 1.807) is 19.1 Å². The average Bonchev–Trinajstić information content (AvgIpc) is 2.33. The molecule has 1 heterocycles. The van der Waals surface area contributed by atoms with E-state index >= 15 is 0 Å². The molecule has 0 fully saturated rings. The van der Waals surface area contributed by atoms with Gasteiger partial charge in [-0.3, -0.25) is 4.79 Å². The molecule has 0 atom stereocenters. The number of halogens is 2. The fraction of sp³-hybridized carbons (Fsp3) is 0.0769. The van der Waals surface area contributed by atoms with Crippen LogP contribution in [0.25, 0.3) is 0 Å². The molecule has 2 aromatic rings. The molecule has 1 aromatic heterocycles. The predicted octanol–water partition coefficient (Wildman–Crippen LogP) is 3.18. The molecule has 0 unspecified atom stereocenters. The van der Waals surface area contributed by atoms with Gasteiger partial charge in [0.1, 0.15) is 17.1 Å². The Labute approximate surface area is 117 Å². The van der Waals surface area contributed by atoms with Crippen LogP contribution in [-0.2, 0) is 0 Å². The number of hydrogen-bond acceptors (Lipinski definition) is 3. The molecule has 0 saturated heterocycles. The summed E-state index contributed by atoms with van der Waals surface area (Å²) in [6, 6.07) is 7.43. The van der Waals surface area contributed by atoms with Crippen molar-refractivity contribution >= 4 is 21.8 Å². The van der Waals surface area contributed by atoms with E-state index in [1.807, 2.05) is 0 Å². The van der Waals surface area contributed by atoms with Crippen molar-refractivity contribution in [1.29, 1.82) is 0 Å². The van der Waals surface area contributed by atoms with Crippen molar-refractivity contribution in [3.05, 3.63) is 51.9 Å². The summed E-state index contributed by atoms with van der Waals surface area (Å²) in [4.78, 5) is 15.3. The Kier molecular flexibility index (Phi) is 3.80. The second-order valence-electron chi connectivity index (χ2n) is 3.85. The van der Waals surface area contributed by atoms with Crippen molar-refractivity contribution in [2.45, 2.75) is 6.92 Å². The summed E-state index contributed by atoms with van der Waals surface area (Å²) in [6.45, 7) is 1.75. The maximum absolute atomic E-state index is 13.4. The topological polar surface area (TPSA) is 65.2 Å². The van der Waals surface area contributed by atoms with E-state index in [0.717, 1.165) is 0 Å². The number of nitrogens with zero attached hydrogens (tertiary/aromatic N) is 1. The number of nitrogens with two attached hydrogens (primary N) is 1. The van der Waals surface area contributed by atoms with Crippen LogP contribution >= 0.6 is 15.9 Å². The predicted molar refractivity (Wildman–Crippen MR) is 71.7 cm³/mol. The van der Waals surface area contributed by atoms with Gasteiger partial charge in [-0.1, -0.05) is 0 Å². The SMILES string of the molecule is Cc1ccc(C(N)=O)c(Oc2ccc(Br)c(F)c2)n1. The van der Waals surface area contributed by atoms with Gasteiger partial charge in [-0.25, -0.2) is 9.37 Å². The number of benzene rings is 1. The van der Waals surface area contributed by atoms with Crippen LogP contribution in [0, 0.1) is 12.7 Å². The van der Waals surface area contributed by atoms with Gasteiger partial charge >= 0.3 is 0 Å². The molecule has 0 saturated carbocycles. The zero-order chi connectivity index (χ0) is 14.0. The minimum absolute atomic E-state index is 0.0641. The van der Waals surface area contributed by atoms with Gasteiger partial charge in [-0.15, -0.1) is 0 Å². The normalized spacial score (nSPS) is 10.3. The zero-order valence-electron chi connectivity index (χ0n) is 9.98. The van der Waals surface area contributed by atoms with Crippen molar-refractivity contribution in [2.75, 3.05) is 0 Å². The van der Waals surface area contributed by atoms with E-state index in [0.29, 0.717) is 10.2 Å². The lowest BCUT2D eigenvalue weighted by Crippen LogP contribution is -2.13. The quantitative estimate of drug-likeness (QED) is 0.942. The van der Waals surface area contributed by atoms with Crippen molar-refractivity contribution in [3.8, 4) is 11.6 Å². The van der Waals surface area contributed by atoms with Crippen LogP contribution in [0.5, 0.6) is 11.6 Å². The minimum Gasteiger partial charge on any atom is -0.438 e. The fourth-order valence-corrected chi connectivity index (χ4v) is 1.70. The number of primary amides is 1. The Morgan fingerprint density at radius 3 is 2.74 bits per heavy atom. The largest absolute Gasteiger partial charge is 0.438 e. The molecule has 0 radical (unpaired) electrons. The summed E-state index contributed by atoms with van der Waals surface area (Å²) in [6.07, 6.45) is 0. The first kappa shape index (κ1) is 13.5. The van der Waals surface area contributed by atoms with Crippen LogP contribution in [0.4, 0.5) is 4.39 Å². The molecular formula is C13H10BrFN2O2. The van der Waals surface area contributed by atoms with Gasteiger partial charge in [0, 0.05) is 11.8 Å². The van der Waals surface area contributed by atoms with Crippen LogP contribution in [0.1, 0.15) is 16.1 Å². The molecule has 19 heavy (non-hydrogen) atoms. The van der Waals surface area contributed by atoms with Crippen LogP contribution in [0.2, 0.25) is 0 Å². The molecule has 2 N–H and O–H groups in total. The third-order valence-corrected chi connectivity index (χ3v) is 3.01. The monoisotopic (exact) mass is 324 g/mol. The number of aryl methyl sites for hydroxylation is 1. The van der Waals surface area contributed by atoms with Crippen molar-refractivity contribution in [3.63, 3.8) is 0 Å².